The van der Waals surface area contributed by atoms with Crippen molar-refractivity contribution in [2.24, 2.45) is 5.73 Å². The molecule has 1 heterocycles. The molecule has 1 amide bonds. The fourth-order valence-corrected chi connectivity index (χ4v) is 1.70. The van der Waals surface area contributed by atoms with Gasteiger partial charge in [0.15, 0.2) is 0 Å². The summed E-state index contributed by atoms with van der Waals surface area (Å²) < 4.78 is 5.20. The van der Waals surface area contributed by atoms with Gasteiger partial charge in [0.2, 0.25) is 0 Å². The average molecular weight is 229 g/mol. The number of nitrogens with one attached hydrogen (secondary N) is 2. The smallest absolute Gasteiger partial charge is 0.407 e. The SMILES string of the molecule is CC(C)(C)OC(=O)N[C@@H]1CCNCC[C@H]1N. The molecule has 1 rings (SSSR count). The highest BCUT2D eigenvalue weighted by Gasteiger charge is 2.24. The third kappa shape index (κ3) is 4.81. The number of hydrogen-bond acceptors (Lipinski definition) is 4. The van der Waals surface area contributed by atoms with Gasteiger partial charge in [0.25, 0.3) is 0 Å². The van der Waals surface area contributed by atoms with E-state index in [1.54, 1.807) is 0 Å². The molecule has 0 aromatic rings. The lowest BCUT2D eigenvalue weighted by molar-refractivity contribution is 0.0495. The van der Waals surface area contributed by atoms with Crippen LogP contribution in [0.4, 0.5) is 4.79 Å². The molecule has 0 spiro atoms. The number of hydrogen-bond donors (Lipinski definition) is 3. The van der Waals surface area contributed by atoms with Crippen molar-refractivity contribution in [1.82, 2.24) is 10.6 Å². The molecule has 2 atom stereocenters. The van der Waals surface area contributed by atoms with Gasteiger partial charge in [0.05, 0.1) is 0 Å². The van der Waals surface area contributed by atoms with Gasteiger partial charge >= 0.3 is 6.09 Å². The van der Waals surface area contributed by atoms with Crippen molar-refractivity contribution in [3.8, 4) is 0 Å². The van der Waals surface area contributed by atoms with Crippen LogP contribution in [-0.2, 0) is 4.74 Å². The number of rotatable bonds is 1. The second-order valence-electron chi connectivity index (χ2n) is 5.24. The van der Waals surface area contributed by atoms with Crippen molar-refractivity contribution in [2.45, 2.75) is 51.3 Å². The third-order valence-electron chi connectivity index (χ3n) is 2.51. The van der Waals surface area contributed by atoms with E-state index in [0.717, 1.165) is 25.9 Å². The van der Waals surface area contributed by atoms with Crippen molar-refractivity contribution in [3.63, 3.8) is 0 Å². The van der Waals surface area contributed by atoms with Crippen LogP contribution in [0, 0.1) is 0 Å². The van der Waals surface area contributed by atoms with Crippen molar-refractivity contribution < 1.29 is 9.53 Å². The summed E-state index contributed by atoms with van der Waals surface area (Å²) in [6, 6.07) is 0.00682. The molecule has 0 saturated carbocycles. The van der Waals surface area contributed by atoms with Gasteiger partial charge in [0.1, 0.15) is 5.60 Å². The van der Waals surface area contributed by atoms with Gasteiger partial charge < -0.3 is 21.1 Å². The molecule has 1 aliphatic heterocycles. The Kier molecular flexibility index (Phi) is 4.56. The van der Waals surface area contributed by atoms with Gasteiger partial charge in [0, 0.05) is 12.1 Å². The van der Waals surface area contributed by atoms with Gasteiger partial charge in [-0.1, -0.05) is 0 Å². The summed E-state index contributed by atoms with van der Waals surface area (Å²) >= 11 is 0. The van der Waals surface area contributed by atoms with Crippen LogP contribution in [0.2, 0.25) is 0 Å². The molecule has 0 aromatic heterocycles. The first-order chi connectivity index (χ1) is 7.38. The number of amides is 1. The first-order valence-electron chi connectivity index (χ1n) is 5.84. The van der Waals surface area contributed by atoms with Crippen LogP contribution >= 0.6 is 0 Å². The predicted molar refractivity (Wildman–Crippen MR) is 63.2 cm³/mol. The van der Waals surface area contributed by atoms with Crippen LogP contribution in [0.5, 0.6) is 0 Å². The zero-order valence-corrected chi connectivity index (χ0v) is 10.4. The number of carbonyl (C=O) groups excluding carboxylic acids is 1. The van der Waals surface area contributed by atoms with Gasteiger partial charge in [-0.05, 0) is 46.7 Å². The van der Waals surface area contributed by atoms with Gasteiger partial charge in [-0.2, -0.15) is 0 Å². The zero-order valence-electron chi connectivity index (χ0n) is 10.4. The molecule has 0 unspecified atom stereocenters. The van der Waals surface area contributed by atoms with Crippen molar-refractivity contribution in [3.05, 3.63) is 0 Å². The van der Waals surface area contributed by atoms with Gasteiger partial charge in [-0.3, -0.25) is 0 Å². The lowest BCUT2D eigenvalue weighted by atomic mass is 10.0. The van der Waals surface area contributed by atoms with Crippen molar-refractivity contribution in [2.75, 3.05) is 13.1 Å². The maximum atomic E-state index is 11.6. The van der Waals surface area contributed by atoms with E-state index in [-0.39, 0.29) is 18.2 Å². The fraction of sp³-hybridized carbons (Fsp3) is 0.909. The third-order valence-corrected chi connectivity index (χ3v) is 2.51. The first-order valence-corrected chi connectivity index (χ1v) is 5.84. The molecule has 0 aliphatic carbocycles. The molecule has 5 heteroatoms. The quantitative estimate of drug-likeness (QED) is 0.615. The van der Waals surface area contributed by atoms with Crippen molar-refractivity contribution in [1.29, 1.82) is 0 Å². The fourth-order valence-electron chi connectivity index (χ4n) is 1.70. The minimum atomic E-state index is -0.461. The zero-order chi connectivity index (χ0) is 12.2. The molecule has 0 bridgehead atoms. The monoisotopic (exact) mass is 229 g/mol. The lowest BCUT2D eigenvalue weighted by Crippen LogP contribution is -2.48. The van der Waals surface area contributed by atoms with E-state index in [4.69, 9.17) is 10.5 Å². The van der Waals surface area contributed by atoms with E-state index in [2.05, 4.69) is 10.6 Å². The first kappa shape index (κ1) is 13.3. The van der Waals surface area contributed by atoms with Gasteiger partial charge in [-0.15, -0.1) is 0 Å². The van der Waals surface area contributed by atoms with E-state index in [1.165, 1.54) is 0 Å². The van der Waals surface area contributed by atoms with Crippen molar-refractivity contribution >= 4 is 6.09 Å². The maximum absolute atomic E-state index is 11.6. The average Bonchev–Trinajstić information content (AvgIpc) is 2.29. The maximum Gasteiger partial charge on any atom is 0.407 e. The number of ether oxygens (including phenoxy) is 1. The summed E-state index contributed by atoms with van der Waals surface area (Å²) in [6.45, 7) is 7.34. The molecule has 1 aliphatic rings. The summed E-state index contributed by atoms with van der Waals surface area (Å²) in [7, 11) is 0. The Morgan fingerprint density at radius 1 is 1.38 bits per heavy atom. The van der Waals surface area contributed by atoms with Gasteiger partial charge in [-0.25, -0.2) is 4.79 Å². The Bertz CT molecular complexity index is 238. The van der Waals surface area contributed by atoms with E-state index in [1.807, 2.05) is 20.8 Å². The topological polar surface area (TPSA) is 76.4 Å². The van der Waals surface area contributed by atoms with Crippen LogP contribution in [0.1, 0.15) is 33.6 Å². The number of carbonyl (C=O) groups is 1. The number of alkyl carbamates (subject to hydrolysis) is 1. The molecular formula is C11H23N3O2. The van der Waals surface area contributed by atoms with Crippen LogP contribution in [0.3, 0.4) is 0 Å². The minimum Gasteiger partial charge on any atom is -0.444 e. The lowest BCUT2D eigenvalue weighted by Gasteiger charge is -2.25. The van der Waals surface area contributed by atoms with E-state index in [9.17, 15) is 4.79 Å². The molecule has 16 heavy (non-hydrogen) atoms. The number of nitrogens with two attached hydrogens (primary N) is 1. The Hall–Kier alpha value is -0.810. The second-order valence-corrected chi connectivity index (χ2v) is 5.24. The highest BCUT2D eigenvalue weighted by molar-refractivity contribution is 5.68. The highest BCUT2D eigenvalue weighted by Crippen LogP contribution is 2.09. The molecule has 5 nitrogen and oxygen atoms in total. The molecule has 1 saturated heterocycles. The molecule has 94 valence electrons. The second kappa shape index (κ2) is 5.50. The van der Waals surface area contributed by atoms with Crippen LogP contribution < -0.4 is 16.4 Å². The van der Waals surface area contributed by atoms with Crippen LogP contribution in [-0.4, -0.2) is 36.9 Å². The molecular weight excluding hydrogens is 206 g/mol. The van der Waals surface area contributed by atoms with E-state index >= 15 is 0 Å². The Labute approximate surface area is 97.1 Å². The summed E-state index contributed by atoms with van der Waals surface area (Å²) in [5.74, 6) is 0. The summed E-state index contributed by atoms with van der Waals surface area (Å²) in [5.41, 5.74) is 5.52. The Balaban J connectivity index is 2.42. The minimum absolute atomic E-state index is 0.00233. The molecule has 1 fully saturated rings. The largest absolute Gasteiger partial charge is 0.444 e. The summed E-state index contributed by atoms with van der Waals surface area (Å²) in [6.07, 6.45) is 1.34. The normalized spacial score (nSPS) is 27.0. The van der Waals surface area contributed by atoms with E-state index in [0.29, 0.717) is 0 Å². The summed E-state index contributed by atoms with van der Waals surface area (Å²) in [5, 5.41) is 6.10. The standard InChI is InChI=1S/C11H23N3O2/c1-11(2,3)16-10(15)14-9-5-7-13-6-4-8(9)12/h8-9,13H,4-7,12H2,1-3H3,(H,14,15)/t8-,9-/m1/s1. The molecule has 4 N–H and O–H groups in total. The predicted octanol–water partition coefficient (Wildman–Crippen LogP) is 0.590. The van der Waals surface area contributed by atoms with Crippen LogP contribution in [0.25, 0.3) is 0 Å². The highest BCUT2D eigenvalue weighted by atomic mass is 16.6. The Morgan fingerprint density at radius 2 is 2.00 bits per heavy atom. The molecule has 0 aromatic carbocycles. The molecule has 0 radical (unpaired) electrons. The Morgan fingerprint density at radius 3 is 2.62 bits per heavy atom. The van der Waals surface area contributed by atoms with E-state index < -0.39 is 5.60 Å². The summed E-state index contributed by atoms with van der Waals surface area (Å²) in [4.78, 5) is 11.6. The van der Waals surface area contributed by atoms with Crippen LogP contribution in [0.15, 0.2) is 0 Å².